The van der Waals surface area contributed by atoms with Gasteiger partial charge in [-0.3, -0.25) is 9.00 Å². The van der Waals surface area contributed by atoms with Gasteiger partial charge in [0.1, 0.15) is 5.25 Å². The number of ether oxygens (including phenoxy) is 1. The van der Waals surface area contributed by atoms with Crippen molar-refractivity contribution in [3.05, 3.63) is 0 Å². The minimum atomic E-state index is -1.44. The zero-order valence-electron chi connectivity index (χ0n) is 6.86. The summed E-state index contributed by atoms with van der Waals surface area (Å²) in [6.07, 6.45) is 0. The second kappa shape index (κ2) is 6.10. The Labute approximate surface area is 73.3 Å². The number of carbonyl (C=O) groups is 1. The average Bonchev–Trinajstić information content (AvgIpc) is 2.01. The van der Waals surface area contributed by atoms with E-state index in [0.717, 1.165) is 0 Å². The van der Waals surface area contributed by atoms with Gasteiger partial charge in [0.2, 0.25) is 0 Å². The Morgan fingerprint density at radius 1 is 1.75 bits per heavy atom. The zero-order chi connectivity index (χ0) is 9.56. The fourth-order valence-electron chi connectivity index (χ4n) is 0.628. The molecule has 0 aromatic rings. The van der Waals surface area contributed by atoms with Crippen LogP contribution in [0, 0.1) is 0 Å². The van der Waals surface area contributed by atoms with Gasteiger partial charge in [-0.15, -0.1) is 0 Å². The van der Waals surface area contributed by atoms with E-state index in [9.17, 15) is 9.00 Å². The van der Waals surface area contributed by atoms with Crippen LogP contribution in [0.3, 0.4) is 0 Å². The summed E-state index contributed by atoms with van der Waals surface area (Å²) in [5, 5.41) is 7.56. The topological polar surface area (TPSA) is 89.6 Å². The van der Waals surface area contributed by atoms with Crippen LogP contribution < -0.4 is 5.73 Å². The van der Waals surface area contributed by atoms with E-state index in [1.807, 2.05) is 0 Å². The van der Waals surface area contributed by atoms with Crippen LogP contribution in [0.2, 0.25) is 0 Å². The van der Waals surface area contributed by atoms with Crippen LogP contribution in [-0.2, 0) is 20.3 Å². The molecule has 0 aromatic carbocycles. The van der Waals surface area contributed by atoms with Gasteiger partial charge in [0.15, 0.2) is 0 Å². The van der Waals surface area contributed by atoms with E-state index in [-0.39, 0.29) is 18.9 Å². The third-order valence-electron chi connectivity index (χ3n) is 1.30. The van der Waals surface area contributed by atoms with E-state index in [1.54, 1.807) is 0 Å². The molecule has 0 aliphatic rings. The highest BCUT2D eigenvalue weighted by Crippen LogP contribution is 1.95. The monoisotopic (exact) mass is 195 g/mol. The quantitative estimate of drug-likeness (QED) is 0.555. The number of hydrogen-bond donors (Lipinski definition) is 2. The van der Waals surface area contributed by atoms with Gasteiger partial charge in [-0.05, 0) is 0 Å². The standard InChI is InChI=1S/C6H13NO4S/c1-11-2-3-12(10)5(4-7)6(8)9/h5H,2-4,7H2,1H3,(H,8,9). The van der Waals surface area contributed by atoms with E-state index < -0.39 is 22.0 Å². The molecule has 0 radical (unpaired) electrons. The van der Waals surface area contributed by atoms with E-state index in [1.165, 1.54) is 7.11 Å². The molecular weight excluding hydrogens is 182 g/mol. The molecule has 12 heavy (non-hydrogen) atoms. The molecule has 0 aliphatic heterocycles. The lowest BCUT2D eigenvalue weighted by molar-refractivity contribution is -0.136. The van der Waals surface area contributed by atoms with Crippen molar-refractivity contribution in [2.24, 2.45) is 5.73 Å². The molecule has 3 N–H and O–H groups in total. The van der Waals surface area contributed by atoms with E-state index in [4.69, 9.17) is 10.8 Å². The first-order chi connectivity index (χ1) is 5.63. The molecule has 0 aromatic heterocycles. The Hall–Kier alpha value is -0.460. The summed E-state index contributed by atoms with van der Waals surface area (Å²) in [6.45, 7) is 0.183. The molecule has 2 atom stereocenters. The second-order valence-electron chi connectivity index (χ2n) is 2.14. The molecule has 0 amide bonds. The van der Waals surface area contributed by atoms with Gasteiger partial charge in [-0.25, -0.2) is 0 Å². The maximum Gasteiger partial charge on any atom is 0.320 e. The summed E-state index contributed by atoms with van der Waals surface area (Å²) in [4.78, 5) is 10.4. The van der Waals surface area contributed by atoms with Crippen LogP contribution in [0.4, 0.5) is 0 Å². The summed E-state index contributed by atoms with van der Waals surface area (Å²) in [5.41, 5.74) is 5.13. The van der Waals surface area contributed by atoms with Crippen molar-refractivity contribution in [3.63, 3.8) is 0 Å². The summed E-state index contributed by atoms with van der Waals surface area (Å²) in [7, 11) is 0.0303. The van der Waals surface area contributed by atoms with Crippen molar-refractivity contribution < 1.29 is 18.8 Å². The first kappa shape index (κ1) is 11.5. The van der Waals surface area contributed by atoms with Crippen molar-refractivity contribution in [2.75, 3.05) is 26.0 Å². The van der Waals surface area contributed by atoms with Crippen molar-refractivity contribution in [1.82, 2.24) is 0 Å². The maximum atomic E-state index is 11.1. The predicted octanol–water partition coefficient (Wildman–Crippen LogP) is -1.21. The normalized spacial score (nSPS) is 15.5. The van der Waals surface area contributed by atoms with Crippen molar-refractivity contribution in [2.45, 2.75) is 5.25 Å². The van der Waals surface area contributed by atoms with E-state index in [0.29, 0.717) is 0 Å². The summed E-state index contributed by atoms with van der Waals surface area (Å²) >= 11 is 0. The van der Waals surface area contributed by atoms with Crippen LogP contribution in [0.25, 0.3) is 0 Å². The minimum absolute atomic E-state index is 0.105. The van der Waals surface area contributed by atoms with Crippen LogP contribution >= 0.6 is 0 Å². The molecule has 0 rings (SSSR count). The summed E-state index contributed by atoms with van der Waals surface area (Å²) in [5.74, 6) is -0.906. The van der Waals surface area contributed by atoms with E-state index in [2.05, 4.69) is 4.74 Å². The molecule has 2 unspecified atom stereocenters. The van der Waals surface area contributed by atoms with Crippen LogP contribution in [-0.4, -0.2) is 46.5 Å². The minimum Gasteiger partial charge on any atom is -0.480 e. The van der Waals surface area contributed by atoms with Gasteiger partial charge in [0.25, 0.3) is 0 Å². The molecule has 0 heterocycles. The van der Waals surface area contributed by atoms with E-state index >= 15 is 0 Å². The van der Waals surface area contributed by atoms with Crippen molar-refractivity contribution >= 4 is 16.8 Å². The highest BCUT2D eigenvalue weighted by Gasteiger charge is 2.22. The maximum absolute atomic E-state index is 11.1. The third kappa shape index (κ3) is 3.80. The first-order valence-electron chi connectivity index (χ1n) is 3.42. The van der Waals surface area contributed by atoms with Crippen molar-refractivity contribution in [3.8, 4) is 0 Å². The molecule has 72 valence electrons. The smallest absolute Gasteiger partial charge is 0.320 e. The lowest BCUT2D eigenvalue weighted by Gasteiger charge is -2.08. The largest absolute Gasteiger partial charge is 0.480 e. The number of rotatable bonds is 6. The van der Waals surface area contributed by atoms with Crippen LogP contribution in [0.15, 0.2) is 0 Å². The van der Waals surface area contributed by atoms with Gasteiger partial charge < -0.3 is 15.6 Å². The number of methoxy groups -OCH3 is 1. The lowest BCUT2D eigenvalue weighted by Crippen LogP contribution is -2.35. The first-order valence-corrected chi connectivity index (χ1v) is 4.80. The number of nitrogens with two attached hydrogens (primary N) is 1. The number of aliphatic carboxylic acids is 1. The van der Waals surface area contributed by atoms with Crippen LogP contribution in [0.1, 0.15) is 0 Å². The third-order valence-corrected chi connectivity index (χ3v) is 2.89. The number of hydrogen-bond acceptors (Lipinski definition) is 4. The number of carboxylic acid groups (broad SMARTS) is 1. The van der Waals surface area contributed by atoms with Crippen LogP contribution in [0.5, 0.6) is 0 Å². The Kier molecular flexibility index (Phi) is 5.87. The summed E-state index contributed by atoms with van der Waals surface area (Å²) < 4.78 is 15.8. The molecule has 0 aliphatic carbocycles. The Balaban J connectivity index is 3.95. The fraction of sp³-hybridized carbons (Fsp3) is 0.833. The molecule has 0 saturated heterocycles. The number of carboxylic acids is 1. The molecule has 0 bridgehead atoms. The van der Waals surface area contributed by atoms with Gasteiger partial charge in [0.05, 0.1) is 6.61 Å². The van der Waals surface area contributed by atoms with Gasteiger partial charge in [-0.2, -0.15) is 0 Å². The average molecular weight is 195 g/mol. The van der Waals surface area contributed by atoms with Gasteiger partial charge in [0, 0.05) is 30.2 Å². The molecular formula is C6H13NO4S. The fourth-order valence-corrected chi connectivity index (χ4v) is 1.68. The highest BCUT2D eigenvalue weighted by molar-refractivity contribution is 7.86. The molecule has 5 nitrogen and oxygen atoms in total. The second-order valence-corrected chi connectivity index (χ2v) is 3.88. The molecule has 0 fully saturated rings. The molecule has 6 heteroatoms. The molecule has 0 spiro atoms. The van der Waals surface area contributed by atoms with Crippen molar-refractivity contribution in [1.29, 1.82) is 0 Å². The van der Waals surface area contributed by atoms with Gasteiger partial charge >= 0.3 is 5.97 Å². The Morgan fingerprint density at radius 3 is 2.67 bits per heavy atom. The molecule has 0 saturated carbocycles. The van der Waals surface area contributed by atoms with Gasteiger partial charge in [-0.1, -0.05) is 0 Å². The Morgan fingerprint density at radius 2 is 2.33 bits per heavy atom. The SMILES string of the molecule is COCCS(=O)C(CN)C(=O)O. The highest BCUT2D eigenvalue weighted by atomic mass is 32.2. The lowest BCUT2D eigenvalue weighted by atomic mass is 10.4. The Bertz CT molecular complexity index is 173. The zero-order valence-corrected chi connectivity index (χ0v) is 7.67. The summed E-state index contributed by atoms with van der Waals surface area (Å²) in [6, 6.07) is 0. The predicted molar refractivity (Wildman–Crippen MR) is 45.4 cm³/mol.